The number of rotatable bonds is 3. The normalized spacial score (nSPS) is 16.0. The van der Waals surface area contributed by atoms with Crippen molar-refractivity contribution in [2.24, 2.45) is 0 Å². The number of sulfonamides is 1. The van der Waals surface area contributed by atoms with Crippen LogP contribution in [0.1, 0.15) is 27.4 Å². The van der Waals surface area contributed by atoms with Crippen LogP contribution in [0.25, 0.3) is 0 Å². The van der Waals surface area contributed by atoms with E-state index in [0.29, 0.717) is 35.2 Å². The summed E-state index contributed by atoms with van der Waals surface area (Å²) in [5.41, 5.74) is 1.37. The molecule has 27 heavy (non-hydrogen) atoms. The summed E-state index contributed by atoms with van der Waals surface area (Å²) >= 11 is 12.0. The Hall–Kier alpha value is -1.54. The average Bonchev–Trinajstić information content (AvgIpc) is 2.88. The zero-order valence-electron chi connectivity index (χ0n) is 15.3. The van der Waals surface area contributed by atoms with E-state index in [1.54, 1.807) is 11.8 Å². The lowest BCUT2D eigenvalue weighted by molar-refractivity contribution is 0.0695. The zero-order chi connectivity index (χ0) is 19.9. The summed E-state index contributed by atoms with van der Waals surface area (Å²) in [6.45, 7) is 6.38. The Kier molecular flexibility index (Phi) is 5.59. The third-order valence-electron chi connectivity index (χ3n) is 4.81. The summed E-state index contributed by atoms with van der Waals surface area (Å²) in [7, 11) is -3.78. The smallest absolute Gasteiger partial charge is 0.257 e. The Labute approximate surface area is 168 Å². The maximum Gasteiger partial charge on any atom is 0.257 e. The Morgan fingerprint density at radius 2 is 1.67 bits per heavy atom. The maximum atomic E-state index is 12.9. The fourth-order valence-electron chi connectivity index (χ4n) is 3.21. The van der Waals surface area contributed by atoms with Gasteiger partial charge in [0.2, 0.25) is 10.0 Å². The van der Waals surface area contributed by atoms with Crippen LogP contribution >= 0.6 is 23.2 Å². The van der Waals surface area contributed by atoms with Crippen molar-refractivity contribution in [1.82, 2.24) is 9.21 Å². The maximum absolute atomic E-state index is 12.9. The van der Waals surface area contributed by atoms with Gasteiger partial charge in [-0.3, -0.25) is 4.79 Å². The average molecular weight is 431 g/mol. The molecular weight excluding hydrogens is 411 g/mol. The molecule has 1 saturated heterocycles. The minimum atomic E-state index is -3.78. The Balaban J connectivity index is 1.77. The van der Waals surface area contributed by atoms with Gasteiger partial charge < -0.3 is 9.32 Å². The predicted molar refractivity (Wildman–Crippen MR) is 104 cm³/mol. The molecule has 9 heteroatoms. The van der Waals surface area contributed by atoms with Crippen LogP contribution in [0.2, 0.25) is 10.0 Å². The van der Waals surface area contributed by atoms with Gasteiger partial charge in [-0.05, 0) is 39.0 Å². The first-order valence-corrected chi connectivity index (χ1v) is 10.6. The number of hydrogen-bond donors (Lipinski definition) is 0. The molecule has 0 unspecified atom stereocenters. The van der Waals surface area contributed by atoms with Crippen LogP contribution in [0.15, 0.2) is 27.5 Å². The van der Waals surface area contributed by atoms with Gasteiger partial charge in [0.05, 0.1) is 10.6 Å². The second-order valence-electron chi connectivity index (χ2n) is 6.49. The van der Waals surface area contributed by atoms with E-state index in [2.05, 4.69) is 0 Å². The topological polar surface area (TPSA) is 70.8 Å². The van der Waals surface area contributed by atoms with E-state index in [-0.39, 0.29) is 28.9 Å². The van der Waals surface area contributed by atoms with Gasteiger partial charge in [0, 0.05) is 36.8 Å². The molecule has 6 nitrogen and oxygen atoms in total. The van der Waals surface area contributed by atoms with E-state index in [0.717, 1.165) is 5.56 Å². The van der Waals surface area contributed by atoms with Gasteiger partial charge in [0.15, 0.2) is 0 Å². The number of benzene rings is 1. The first kappa shape index (κ1) is 20.2. The number of hydrogen-bond acceptors (Lipinski definition) is 4. The predicted octanol–water partition coefficient (Wildman–Crippen LogP) is 3.66. The van der Waals surface area contributed by atoms with Crippen molar-refractivity contribution in [3.05, 3.63) is 50.9 Å². The number of carbonyl (C=O) groups excluding carboxylic acids is 1. The molecule has 146 valence electrons. The highest BCUT2D eigenvalue weighted by Gasteiger charge is 2.33. The molecule has 0 radical (unpaired) electrons. The second kappa shape index (κ2) is 7.47. The largest absolute Gasteiger partial charge is 0.466 e. The van der Waals surface area contributed by atoms with Crippen molar-refractivity contribution >= 4 is 39.1 Å². The van der Waals surface area contributed by atoms with E-state index >= 15 is 0 Å². The fourth-order valence-corrected chi connectivity index (χ4v) is 5.37. The first-order valence-electron chi connectivity index (χ1n) is 8.44. The van der Waals surface area contributed by atoms with Crippen LogP contribution in [0.3, 0.4) is 0 Å². The highest BCUT2D eigenvalue weighted by Crippen LogP contribution is 2.29. The Morgan fingerprint density at radius 1 is 1.04 bits per heavy atom. The van der Waals surface area contributed by atoms with Crippen molar-refractivity contribution in [3.63, 3.8) is 0 Å². The third-order valence-corrected chi connectivity index (χ3v) is 7.43. The highest BCUT2D eigenvalue weighted by molar-refractivity contribution is 7.89. The van der Waals surface area contributed by atoms with Crippen LogP contribution in [0.5, 0.6) is 0 Å². The first-order chi connectivity index (χ1) is 12.6. The van der Waals surface area contributed by atoms with Crippen molar-refractivity contribution in [2.75, 3.05) is 26.2 Å². The van der Waals surface area contributed by atoms with Gasteiger partial charge in [-0.1, -0.05) is 23.2 Å². The molecule has 0 spiro atoms. The Bertz CT molecular complexity index is 993. The summed E-state index contributed by atoms with van der Waals surface area (Å²) in [5.74, 6) is 1.16. The molecule has 1 aliphatic rings. The molecule has 1 aliphatic heterocycles. The fraction of sp³-hybridized carbons (Fsp3) is 0.389. The molecule has 0 bridgehead atoms. The molecule has 1 fully saturated rings. The molecule has 2 aromatic rings. The lowest BCUT2D eigenvalue weighted by atomic mass is 10.1. The molecule has 0 saturated carbocycles. The molecular formula is C18H20Cl2N2O4S. The van der Waals surface area contributed by atoms with E-state index in [1.165, 1.54) is 22.5 Å². The number of carbonyl (C=O) groups is 1. The van der Waals surface area contributed by atoms with Gasteiger partial charge in [0.1, 0.15) is 16.4 Å². The second-order valence-corrected chi connectivity index (χ2v) is 9.24. The number of aryl methyl sites for hydroxylation is 2. The summed E-state index contributed by atoms with van der Waals surface area (Å²) in [6, 6.07) is 4.35. The highest BCUT2D eigenvalue weighted by atomic mass is 35.5. The van der Waals surface area contributed by atoms with Crippen LogP contribution in [-0.2, 0) is 10.0 Å². The van der Waals surface area contributed by atoms with Gasteiger partial charge >= 0.3 is 0 Å². The minimum absolute atomic E-state index is 0.0198. The lowest BCUT2D eigenvalue weighted by Gasteiger charge is -2.34. The summed E-state index contributed by atoms with van der Waals surface area (Å²) in [6.07, 6.45) is 0. The van der Waals surface area contributed by atoms with Crippen molar-refractivity contribution in [3.8, 4) is 0 Å². The number of halogens is 2. The summed E-state index contributed by atoms with van der Waals surface area (Å²) in [4.78, 5) is 14.5. The van der Waals surface area contributed by atoms with E-state index < -0.39 is 10.0 Å². The molecule has 0 aliphatic carbocycles. The van der Waals surface area contributed by atoms with E-state index in [9.17, 15) is 13.2 Å². The summed E-state index contributed by atoms with van der Waals surface area (Å²) < 4.78 is 32.6. The van der Waals surface area contributed by atoms with Gasteiger partial charge in [-0.15, -0.1) is 0 Å². The number of piperazine rings is 1. The van der Waals surface area contributed by atoms with Gasteiger partial charge in [-0.25, -0.2) is 8.42 Å². The standard InChI is InChI=1S/C18H20Cl2N2O4S/c1-11-12(2)26-13(3)17(11)18(23)21-6-8-22(9-7-21)27(24,25)16-10-14(19)4-5-15(16)20/h4-5,10H,6-9H2,1-3H3. The van der Waals surface area contributed by atoms with Gasteiger partial charge in [-0.2, -0.15) is 4.31 Å². The lowest BCUT2D eigenvalue weighted by Crippen LogP contribution is -2.50. The van der Waals surface area contributed by atoms with E-state index in [4.69, 9.17) is 27.6 Å². The minimum Gasteiger partial charge on any atom is -0.466 e. The monoisotopic (exact) mass is 430 g/mol. The molecule has 3 rings (SSSR count). The van der Waals surface area contributed by atoms with Gasteiger partial charge in [0.25, 0.3) is 5.91 Å². The SMILES string of the molecule is Cc1oc(C)c(C(=O)N2CCN(S(=O)(=O)c3cc(Cl)ccc3Cl)CC2)c1C. The quantitative estimate of drug-likeness (QED) is 0.744. The molecule has 1 aromatic carbocycles. The van der Waals surface area contributed by atoms with Crippen molar-refractivity contribution in [1.29, 1.82) is 0 Å². The zero-order valence-corrected chi connectivity index (χ0v) is 17.6. The number of amides is 1. The number of nitrogens with zero attached hydrogens (tertiary/aromatic N) is 2. The van der Waals surface area contributed by atoms with Crippen LogP contribution in [-0.4, -0.2) is 49.7 Å². The molecule has 0 N–H and O–H groups in total. The third kappa shape index (κ3) is 3.74. The number of furan rings is 1. The van der Waals surface area contributed by atoms with Crippen LogP contribution in [0, 0.1) is 20.8 Å². The summed E-state index contributed by atoms with van der Waals surface area (Å²) in [5, 5.41) is 0.422. The Morgan fingerprint density at radius 3 is 2.22 bits per heavy atom. The molecule has 1 amide bonds. The van der Waals surface area contributed by atoms with Crippen molar-refractivity contribution < 1.29 is 17.6 Å². The van der Waals surface area contributed by atoms with Crippen molar-refractivity contribution in [2.45, 2.75) is 25.7 Å². The van der Waals surface area contributed by atoms with E-state index in [1.807, 2.05) is 13.8 Å². The van der Waals surface area contributed by atoms with Crippen LogP contribution < -0.4 is 0 Å². The molecule has 1 aromatic heterocycles. The van der Waals surface area contributed by atoms with Crippen LogP contribution in [0.4, 0.5) is 0 Å². The molecule has 0 atom stereocenters. The molecule has 2 heterocycles.